The fourth-order valence-corrected chi connectivity index (χ4v) is 5.39. The summed E-state index contributed by atoms with van der Waals surface area (Å²) in [7, 11) is -0.915. The summed E-state index contributed by atoms with van der Waals surface area (Å²) in [6.07, 6.45) is 4.88. The maximum atomic E-state index is 13.2. The summed E-state index contributed by atoms with van der Waals surface area (Å²) in [6.45, 7) is 11.6. The van der Waals surface area contributed by atoms with E-state index in [1.807, 2.05) is 16.4 Å². The van der Waals surface area contributed by atoms with Crippen molar-refractivity contribution in [3.05, 3.63) is 82.9 Å². The molecule has 40 heavy (non-hydrogen) atoms. The van der Waals surface area contributed by atoms with Gasteiger partial charge in [0, 0.05) is 50.9 Å². The number of anilines is 2. The summed E-state index contributed by atoms with van der Waals surface area (Å²) in [5.74, 6) is 0.792. The zero-order valence-electron chi connectivity index (χ0n) is 22.9. The van der Waals surface area contributed by atoms with Gasteiger partial charge in [-0.2, -0.15) is 4.98 Å². The van der Waals surface area contributed by atoms with E-state index in [1.54, 1.807) is 49.1 Å². The third-order valence-electron chi connectivity index (χ3n) is 6.87. The minimum atomic E-state index is -1.15. The lowest BCUT2D eigenvalue weighted by Gasteiger charge is -2.33. The summed E-state index contributed by atoms with van der Waals surface area (Å²) >= 11 is 0. The molecule has 1 aliphatic heterocycles. The summed E-state index contributed by atoms with van der Waals surface area (Å²) < 4.78 is 16.8. The number of nitrogens with one attached hydrogen (secondary N) is 1. The van der Waals surface area contributed by atoms with E-state index in [0.29, 0.717) is 28.5 Å². The highest BCUT2D eigenvalue weighted by atomic mass is 32.2. The lowest BCUT2D eigenvalue weighted by Crippen LogP contribution is -2.46. The molecular weight excluding hydrogens is 528 g/mol. The average molecular weight is 563 g/mol. The van der Waals surface area contributed by atoms with Gasteiger partial charge in [0.25, 0.3) is 5.56 Å². The molecule has 0 saturated carbocycles. The number of aromatic nitrogens is 5. The molecule has 0 radical (unpaired) electrons. The second-order valence-corrected chi connectivity index (χ2v) is 11.7. The molecule has 1 saturated heterocycles. The van der Waals surface area contributed by atoms with Crippen molar-refractivity contribution >= 4 is 33.7 Å². The Balaban J connectivity index is 1.40. The third kappa shape index (κ3) is 5.89. The molecule has 4 aromatic rings. The minimum absolute atomic E-state index is 0.249. The van der Waals surface area contributed by atoms with Gasteiger partial charge in [-0.05, 0) is 43.7 Å². The van der Waals surface area contributed by atoms with Crippen molar-refractivity contribution in [2.24, 2.45) is 0 Å². The molecule has 1 fully saturated rings. The molecule has 3 aromatic heterocycles. The number of hydrogen-bond donors (Lipinski definition) is 2. The van der Waals surface area contributed by atoms with E-state index in [-0.39, 0.29) is 12.1 Å². The zero-order valence-corrected chi connectivity index (χ0v) is 23.8. The number of allylic oxidation sites excluding steroid dienone is 1. The van der Waals surface area contributed by atoms with E-state index in [1.165, 1.54) is 16.4 Å². The molecule has 0 bridgehead atoms. The van der Waals surface area contributed by atoms with Gasteiger partial charge in [0.2, 0.25) is 5.95 Å². The topological polar surface area (TPSA) is 121 Å². The largest absolute Gasteiger partial charge is 0.384 e. The second-order valence-electron chi connectivity index (χ2n) is 10.3. The van der Waals surface area contributed by atoms with Gasteiger partial charge >= 0.3 is 0 Å². The number of fused-ring (bicyclic) bond motifs is 1. The molecule has 4 heterocycles. The van der Waals surface area contributed by atoms with E-state index in [9.17, 15) is 14.1 Å². The van der Waals surface area contributed by atoms with Crippen molar-refractivity contribution in [2.45, 2.75) is 32.5 Å². The van der Waals surface area contributed by atoms with Crippen LogP contribution >= 0.6 is 0 Å². The Morgan fingerprint density at radius 1 is 1.10 bits per heavy atom. The molecule has 1 aromatic carbocycles. The van der Waals surface area contributed by atoms with Crippen LogP contribution in [-0.2, 0) is 29.7 Å². The lowest BCUT2D eigenvalue weighted by atomic mass is 10.1. The molecule has 0 spiro atoms. The first-order valence-electron chi connectivity index (χ1n) is 13.1. The van der Waals surface area contributed by atoms with Crippen molar-refractivity contribution in [3.63, 3.8) is 0 Å². The summed E-state index contributed by atoms with van der Waals surface area (Å²) in [4.78, 5) is 29.3. The number of aliphatic hydroxyl groups is 1. The number of hydrogen-bond acceptors (Lipinski definition) is 8. The van der Waals surface area contributed by atoms with Crippen LogP contribution in [0.25, 0.3) is 16.9 Å². The first-order valence-corrected chi connectivity index (χ1v) is 14.6. The molecule has 2 N–H and O–H groups in total. The van der Waals surface area contributed by atoms with E-state index in [4.69, 9.17) is 0 Å². The molecule has 1 unspecified atom stereocenters. The predicted octanol–water partition coefficient (Wildman–Crippen LogP) is 2.55. The van der Waals surface area contributed by atoms with Gasteiger partial charge in [0.1, 0.15) is 11.0 Å². The summed E-state index contributed by atoms with van der Waals surface area (Å²) in [6, 6.07) is 13.4. The Hall–Kier alpha value is -3.71. The van der Waals surface area contributed by atoms with Gasteiger partial charge in [-0.15, -0.1) is 6.58 Å². The van der Waals surface area contributed by atoms with Crippen molar-refractivity contribution in [2.75, 3.05) is 37.8 Å². The predicted molar refractivity (Wildman–Crippen MR) is 157 cm³/mol. The molecule has 1 aliphatic rings. The lowest BCUT2D eigenvalue weighted by molar-refractivity contribution is 0.0738. The monoisotopic (exact) mass is 562 g/mol. The third-order valence-corrected chi connectivity index (χ3v) is 7.96. The molecule has 5 rings (SSSR count). The normalized spacial score (nSPS) is 15.8. The molecule has 0 aliphatic carbocycles. The highest BCUT2D eigenvalue weighted by Crippen LogP contribution is 2.22. The van der Waals surface area contributed by atoms with E-state index >= 15 is 0 Å². The first-order chi connectivity index (χ1) is 19.1. The Morgan fingerprint density at radius 3 is 2.48 bits per heavy atom. The van der Waals surface area contributed by atoms with Crippen LogP contribution in [0.1, 0.15) is 25.1 Å². The summed E-state index contributed by atoms with van der Waals surface area (Å²) in [5, 5.41) is 14.1. The number of pyridine rings is 1. The van der Waals surface area contributed by atoms with Crippen LogP contribution in [0.3, 0.4) is 0 Å². The SMILES string of the molecule is C=CCn1c(=O)c2cnc(Nc3ccc(CN4CCN(S(C)=O)CC4)cc3)nc2n1-c1cccc(C(C)(C)O)n1. The van der Waals surface area contributed by atoms with E-state index < -0.39 is 16.6 Å². The zero-order chi connectivity index (χ0) is 28.4. The van der Waals surface area contributed by atoms with Crippen LogP contribution in [0.5, 0.6) is 0 Å². The number of benzene rings is 1. The second kappa shape index (κ2) is 11.4. The number of nitrogens with zero attached hydrogens (tertiary/aromatic N) is 7. The van der Waals surface area contributed by atoms with Crippen molar-refractivity contribution in [1.29, 1.82) is 0 Å². The van der Waals surface area contributed by atoms with Crippen molar-refractivity contribution < 1.29 is 9.32 Å². The van der Waals surface area contributed by atoms with Crippen molar-refractivity contribution in [1.82, 2.24) is 33.5 Å². The van der Waals surface area contributed by atoms with Crippen LogP contribution in [0.15, 0.2) is 66.1 Å². The average Bonchev–Trinajstić information content (AvgIpc) is 3.20. The maximum absolute atomic E-state index is 13.2. The van der Waals surface area contributed by atoms with Crippen LogP contribution in [0.2, 0.25) is 0 Å². The fraction of sp³-hybridized carbons (Fsp3) is 0.357. The minimum Gasteiger partial charge on any atom is -0.384 e. The summed E-state index contributed by atoms with van der Waals surface area (Å²) in [5.41, 5.74) is 1.46. The van der Waals surface area contributed by atoms with Crippen LogP contribution in [-0.4, -0.2) is 75.3 Å². The first kappa shape index (κ1) is 27.8. The van der Waals surface area contributed by atoms with Gasteiger partial charge in [-0.1, -0.05) is 24.3 Å². The Bertz CT molecular complexity index is 1600. The molecule has 11 nitrogen and oxygen atoms in total. The molecule has 210 valence electrons. The fourth-order valence-electron chi connectivity index (χ4n) is 4.72. The van der Waals surface area contributed by atoms with Crippen molar-refractivity contribution in [3.8, 4) is 5.82 Å². The van der Waals surface area contributed by atoms with E-state index in [2.05, 4.69) is 43.9 Å². The highest BCUT2D eigenvalue weighted by Gasteiger charge is 2.22. The molecule has 1 atom stereocenters. The highest BCUT2D eigenvalue weighted by molar-refractivity contribution is 7.81. The van der Waals surface area contributed by atoms with Gasteiger partial charge in [0.15, 0.2) is 11.5 Å². The van der Waals surface area contributed by atoms with Crippen LogP contribution < -0.4 is 10.9 Å². The van der Waals surface area contributed by atoms with Gasteiger partial charge < -0.3 is 10.4 Å². The van der Waals surface area contributed by atoms with Crippen LogP contribution in [0.4, 0.5) is 11.6 Å². The quantitative estimate of drug-likeness (QED) is 0.299. The van der Waals surface area contributed by atoms with Gasteiger partial charge in [-0.3, -0.25) is 9.69 Å². The number of piperazine rings is 1. The van der Waals surface area contributed by atoms with Crippen LogP contribution in [0, 0.1) is 0 Å². The molecular formula is C28H34N8O3S. The van der Waals surface area contributed by atoms with Gasteiger partial charge in [-0.25, -0.2) is 27.8 Å². The maximum Gasteiger partial charge on any atom is 0.278 e. The standard InChI is InChI=1S/C28H34N8O3S/c1-5-13-35-26(37)22-18-29-27(32-25(22)36(35)24-8-6-7-23(31-24)28(2,3)38)30-21-11-9-20(10-12-21)19-33-14-16-34(17-15-33)40(4)39/h5-12,18,38H,1,13-17,19H2,2-4H3,(H,29,30,32). The molecule has 0 amide bonds. The number of rotatable bonds is 9. The van der Waals surface area contributed by atoms with Gasteiger partial charge in [0.05, 0.1) is 23.2 Å². The smallest absolute Gasteiger partial charge is 0.278 e. The van der Waals surface area contributed by atoms with E-state index in [0.717, 1.165) is 38.4 Å². The Morgan fingerprint density at radius 2 is 1.82 bits per heavy atom. The Kier molecular flexibility index (Phi) is 7.95. The Labute approximate surface area is 235 Å². The molecule has 12 heteroatoms.